The van der Waals surface area contributed by atoms with E-state index >= 15 is 0 Å². The Balaban J connectivity index is 1.82. The Labute approximate surface area is 114 Å². The van der Waals surface area contributed by atoms with Crippen molar-refractivity contribution in [2.45, 2.75) is 19.3 Å². The number of nitrogens with one attached hydrogen (secondary N) is 1. The first-order chi connectivity index (χ1) is 9.36. The van der Waals surface area contributed by atoms with Crippen molar-refractivity contribution in [2.75, 3.05) is 33.4 Å². The summed E-state index contributed by atoms with van der Waals surface area (Å²) < 4.78 is 16.7. The van der Waals surface area contributed by atoms with Crippen LogP contribution in [0, 0.1) is 5.92 Å². The highest BCUT2D eigenvalue weighted by Crippen LogP contribution is 2.38. The molecule has 19 heavy (non-hydrogen) atoms. The second-order valence-corrected chi connectivity index (χ2v) is 5.22. The van der Waals surface area contributed by atoms with E-state index in [9.17, 15) is 0 Å². The van der Waals surface area contributed by atoms with E-state index in [-0.39, 0.29) is 0 Å². The third kappa shape index (κ3) is 2.78. The predicted molar refractivity (Wildman–Crippen MR) is 73.3 cm³/mol. The van der Waals surface area contributed by atoms with Crippen molar-refractivity contribution in [1.82, 2.24) is 5.32 Å². The molecule has 1 unspecified atom stereocenters. The summed E-state index contributed by atoms with van der Waals surface area (Å²) in [5.74, 6) is 3.25. The van der Waals surface area contributed by atoms with Gasteiger partial charge >= 0.3 is 0 Å². The highest BCUT2D eigenvalue weighted by atomic mass is 16.6. The smallest absolute Gasteiger partial charge is 0.165 e. The predicted octanol–water partition coefficient (Wildman–Crippen LogP) is 2.01. The lowest BCUT2D eigenvalue weighted by Crippen LogP contribution is -2.31. The number of rotatable bonds is 3. The molecule has 2 aliphatic heterocycles. The maximum Gasteiger partial charge on any atom is 0.165 e. The van der Waals surface area contributed by atoms with E-state index < -0.39 is 0 Å². The van der Waals surface area contributed by atoms with Gasteiger partial charge in [-0.05, 0) is 49.9 Å². The summed E-state index contributed by atoms with van der Waals surface area (Å²) in [6.07, 6.45) is 3.58. The summed E-state index contributed by atoms with van der Waals surface area (Å²) in [6, 6.07) is 4.04. The Hall–Kier alpha value is -1.42. The first-order valence-electron chi connectivity index (χ1n) is 7.04. The van der Waals surface area contributed by atoms with Gasteiger partial charge in [-0.2, -0.15) is 0 Å². The Morgan fingerprint density at radius 1 is 1.26 bits per heavy atom. The number of piperidine rings is 1. The van der Waals surface area contributed by atoms with Crippen LogP contribution in [0.25, 0.3) is 0 Å². The number of hydrogen-bond acceptors (Lipinski definition) is 4. The van der Waals surface area contributed by atoms with E-state index in [1.54, 1.807) is 7.11 Å². The van der Waals surface area contributed by atoms with Crippen LogP contribution in [-0.2, 0) is 6.42 Å². The molecule has 0 spiro atoms. The lowest BCUT2D eigenvalue weighted by molar-refractivity contribution is 0.170. The Bertz CT molecular complexity index is 441. The van der Waals surface area contributed by atoms with Crippen molar-refractivity contribution in [3.8, 4) is 17.2 Å². The second-order valence-electron chi connectivity index (χ2n) is 5.22. The molecule has 1 fully saturated rings. The molecule has 0 saturated carbocycles. The molecule has 0 bridgehead atoms. The van der Waals surface area contributed by atoms with Gasteiger partial charge in [0, 0.05) is 6.07 Å². The van der Waals surface area contributed by atoms with Crippen LogP contribution in [0.1, 0.15) is 18.4 Å². The molecule has 1 saturated heterocycles. The van der Waals surface area contributed by atoms with Crippen LogP contribution in [0.5, 0.6) is 17.2 Å². The minimum Gasteiger partial charge on any atom is -0.496 e. The summed E-state index contributed by atoms with van der Waals surface area (Å²) in [7, 11) is 1.72. The molecule has 2 heterocycles. The first kappa shape index (κ1) is 12.6. The quantitative estimate of drug-likeness (QED) is 0.905. The molecule has 4 heteroatoms. The van der Waals surface area contributed by atoms with Gasteiger partial charge in [0.1, 0.15) is 19.0 Å². The molecule has 0 radical (unpaired) electrons. The van der Waals surface area contributed by atoms with E-state index in [1.165, 1.54) is 18.4 Å². The van der Waals surface area contributed by atoms with Crippen LogP contribution >= 0.6 is 0 Å². The van der Waals surface area contributed by atoms with Gasteiger partial charge in [0.05, 0.1) is 7.11 Å². The maximum atomic E-state index is 5.66. The molecule has 1 N–H and O–H groups in total. The summed E-state index contributed by atoms with van der Waals surface area (Å²) >= 11 is 0. The number of methoxy groups -OCH3 is 1. The van der Waals surface area contributed by atoms with Crippen LogP contribution in [0.15, 0.2) is 12.1 Å². The average molecular weight is 263 g/mol. The Kier molecular flexibility index (Phi) is 3.78. The fourth-order valence-electron chi connectivity index (χ4n) is 2.87. The molecule has 2 aliphatic rings. The molecule has 1 atom stereocenters. The van der Waals surface area contributed by atoms with Crippen molar-refractivity contribution in [3.63, 3.8) is 0 Å². The normalized spacial score (nSPS) is 22.1. The summed E-state index contributed by atoms with van der Waals surface area (Å²) in [5, 5.41) is 3.46. The maximum absolute atomic E-state index is 5.66. The zero-order valence-corrected chi connectivity index (χ0v) is 11.4. The van der Waals surface area contributed by atoms with Crippen molar-refractivity contribution in [2.24, 2.45) is 5.92 Å². The topological polar surface area (TPSA) is 39.7 Å². The van der Waals surface area contributed by atoms with Crippen LogP contribution in [0.4, 0.5) is 0 Å². The van der Waals surface area contributed by atoms with Gasteiger partial charge in [0.25, 0.3) is 0 Å². The van der Waals surface area contributed by atoms with Gasteiger partial charge in [0.2, 0.25) is 0 Å². The summed E-state index contributed by atoms with van der Waals surface area (Å²) in [6.45, 7) is 3.48. The van der Waals surface area contributed by atoms with Crippen molar-refractivity contribution >= 4 is 0 Å². The fraction of sp³-hybridized carbons (Fsp3) is 0.600. The zero-order chi connectivity index (χ0) is 13.1. The van der Waals surface area contributed by atoms with Crippen molar-refractivity contribution in [3.05, 3.63) is 17.7 Å². The standard InChI is InChI=1S/C15H21NO3/c1-17-13-9-15-14(18-5-6-19-15)8-12(13)7-11-3-2-4-16-10-11/h8-9,11,16H,2-7,10H2,1H3. The highest BCUT2D eigenvalue weighted by molar-refractivity contribution is 5.51. The van der Waals surface area contributed by atoms with E-state index in [1.807, 2.05) is 6.07 Å². The first-order valence-corrected chi connectivity index (χ1v) is 7.04. The number of fused-ring (bicyclic) bond motifs is 1. The molecule has 1 aromatic rings. The van der Waals surface area contributed by atoms with Gasteiger partial charge < -0.3 is 19.5 Å². The van der Waals surface area contributed by atoms with Gasteiger partial charge in [-0.1, -0.05) is 0 Å². The zero-order valence-electron chi connectivity index (χ0n) is 11.4. The molecule has 0 amide bonds. The monoisotopic (exact) mass is 263 g/mol. The van der Waals surface area contributed by atoms with Gasteiger partial charge in [0.15, 0.2) is 11.5 Å². The Morgan fingerprint density at radius 2 is 2.05 bits per heavy atom. The second kappa shape index (κ2) is 5.70. The lowest BCUT2D eigenvalue weighted by atomic mass is 9.91. The number of ether oxygens (including phenoxy) is 3. The minimum absolute atomic E-state index is 0.613. The molecule has 104 valence electrons. The SMILES string of the molecule is COc1cc2c(cc1CC1CCCNC1)OCCO2. The molecular formula is C15H21NO3. The molecule has 1 aromatic carbocycles. The largest absolute Gasteiger partial charge is 0.496 e. The molecule has 0 aromatic heterocycles. The molecule has 3 rings (SSSR count). The molecule has 0 aliphatic carbocycles. The third-order valence-corrected chi connectivity index (χ3v) is 3.85. The number of benzene rings is 1. The summed E-state index contributed by atoms with van der Waals surface area (Å²) in [4.78, 5) is 0. The fourth-order valence-corrected chi connectivity index (χ4v) is 2.87. The van der Waals surface area contributed by atoms with Crippen LogP contribution in [-0.4, -0.2) is 33.4 Å². The van der Waals surface area contributed by atoms with Crippen molar-refractivity contribution < 1.29 is 14.2 Å². The molecule has 4 nitrogen and oxygen atoms in total. The van der Waals surface area contributed by atoms with Crippen LogP contribution in [0.3, 0.4) is 0 Å². The minimum atomic E-state index is 0.613. The summed E-state index contributed by atoms with van der Waals surface area (Å²) in [5.41, 5.74) is 1.22. The van der Waals surface area contributed by atoms with Gasteiger partial charge in [-0.3, -0.25) is 0 Å². The van der Waals surface area contributed by atoms with Crippen LogP contribution in [0.2, 0.25) is 0 Å². The number of hydrogen-bond donors (Lipinski definition) is 1. The van der Waals surface area contributed by atoms with E-state index in [4.69, 9.17) is 14.2 Å². The van der Waals surface area contributed by atoms with Gasteiger partial charge in [-0.15, -0.1) is 0 Å². The van der Waals surface area contributed by atoms with Crippen LogP contribution < -0.4 is 19.5 Å². The Morgan fingerprint density at radius 3 is 2.74 bits per heavy atom. The van der Waals surface area contributed by atoms with Gasteiger partial charge in [-0.25, -0.2) is 0 Å². The van der Waals surface area contributed by atoms with E-state index in [0.29, 0.717) is 19.1 Å². The highest BCUT2D eigenvalue weighted by Gasteiger charge is 2.20. The van der Waals surface area contributed by atoms with E-state index in [2.05, 4.69) is 11.4 Å². The van der Waals surface area contributed by atoms with E-state index in [0.717, 1.165) is 36.8 Å². The van der Waals surface area contributed by atoms with Crippen molar-refractivity contribution in [1.29, 1.82) is 0 Å². The third-order valence-electron chi connectivity index (χ3n) is 3.85. The molecular weight excluding hydrogens is 242 g/mol. The lowest BCUT2D eigenvalue weighted by Gasteiger charge is -2.25. The average Bonchev–Trinajstić information content (AvgIpc) is 2.47.